The monoisotopic (exact) mass is 381 g/mol. The lowest BCUT2D eigenvalue weighted by molar-refractivity contribution is -0.142. The molecular weight excluding hydrogens is 358 g/mol. The summed E-state index contributed by atoms with van der Waals surface area (Å²) in [5.74, 6) is -1.11. The molecule has 0 spiro atoms. The maximum atomic E-state index is 12.4. The molecule has 0 aromatic heterocycles. The van der Waals surface area contributed by atoms with Gasteiger partial charge in [-0.05, 0) is 30.7 Å². The average Bonchev–Trinajstić information content (AvgIpc) is 2.64. The van der Waals surface area contributed by atoms with Crippen molar-refractivity contribution in [2.75, 3.05) is 26.2 Å². The first-order valence-corrected chi connectivity index (χ1v) is 9.71. The van der Waals surface area contributed by atoms with E-state index in [4.69, 9.17) is 10.00 Å². The predicted octanol–water partition coefficient (Wildman–Crippen LogP) is 1.29. The number of unbranched alkanes of at least 4 members (excludes halogenated alkanes) is 1. The van der Waals surface area contributed by atoms with Crippen LogP contribution in [0.3, 0.4) is 0 Å². The molecule has 0 aliphatic rings. The average molecular weight is 381 g/mol. The Morgan fingerprint density at radius 2 is 1.81 bits per heavy atom. The van der Waals surface area contributed by atoms with E-state index in [1.807, 2.05) is 6.07 Å². The highest BCUT2D eigenvalue weighted by molar-refractivity contribution is 7.89. The van der Waals surface area contributed by atoms with Gasteiger partial charge in [0.05, 0.1) is 17.6 Å². The number of sulfonamides is 1. The van der Waals surface area contributed by atoms with Crippen molar-refractivity contribution < 1.29 is 22.7 Å². The first-order chi connectivity index (χ1) is 12.4. The van der Waals surface area contributed by atoms with Crippen molar-refractivity contribution in [1.82, 2.24) is 9.62 Å². The molecule has 0 saturated carbocycles. The molecule has 1 aromatic carbocycles. The first kappa shape index (κ1) is 21.6. The van der Waals surface area contributed by atoms with Crippen LogP contribution in [0.15, 0.2) is 29.2 Å². The summed E-state index contributed by atoms with van der Waals surface area (Å²) in [6.45, 7) is 4.05. The van der Waals surface area contributed by atoms with Gasteiger partial charge in [-0.2, -0.15) is 9.57 Å². The van der Waals surface area contributed by atoms with Gasteiger partial charge in [0.1, 0.15) is 6.54 Å². The van der Waals surface area contributed by atoms with Crippen molar-refractivity contribution >= 4 is 21.9 Å². The fourth-order valence-corrected chi connectivity index (χ4v) is 3.59. The van der Waals surface area contributed by atoms with Crippen molar-refractivity contribution in [3.05, 3.63) is 29.8 Å². The topological polar surface area (TPSA) is 117 Å². The van der Waals surface area contributed by atoms with E-state index in [9.17, 15) is 18.0 Å². The number of nitrogens with one attached hydrogen (secondary N) is 1. The minimum Gasteiger partial charge on any atom is -0.464 e. The molecule has 0 aliphatic heterocycles. The second-order valence-electron chi connectivity index (χ2n) is 5.28. The maximum Gasteiger partial charge on any atom is 0.325 e. The van der Waals surface area contributed by atoms with Crippen LogP contribution in [0.1, 0.15) is 37.0 Å². The highest BCUT2D eigenvalue weighted by atomic mass is 32.2. The van der Waals surface area contributed by atoms with Gasteiger partial charge in [0.25, 0.3) is 5.91 Å². The van der Waals surface area contributed by atoms with E-state index in [2.05, 4.69) is 5.32 Å². The van der Waals surface area contributed by atoms with Crippen LogP contribution in [-0.2, 0) is 19.6 Å². The van der Waals surface area contributed by atoms with Crippen molar-refractivity contribution in [1.29, 1.82) is 5.26 Å². The van der Waals surface area contributed by atoms with Crippen molar-refractivity contribution in [2.24, 2.45) is 0 Å². The number of nitrogens with zero attached hydrogens (tertiary/aromatic N) is 2. The number of carbonyl (C=O) groups excluding carboxylic acids is 2. The summed E-state index contributed by atoms with van der Waals surface area (Å²) in [6, 6.07) is 7.45. The predicted molar refractivity (Wildman–Crippen MR) is 94.7 cm³/mol. The Morgan fingerprint density at radius 1 is 1.19 bits per heavy atom. The van der Waals surface area contributed by atoms with Gasteiger partial charge in [-0.1, -0.05) is 13.8 Å². The number of carbonyl (C=O) groups is 2. The van der Waals surface area contributed by atoms with Gasteiger partial charge in [-0.3, -0.25) is 9.59 Å². The molecule has 0 atom stereocenters. The molecule has 0 unspecified atom stereocenters. The Labute approximate surface area is 153 Å². The highest BCUT2D eigenvalue weighted by Gasteiger charge is 2.21. The molecule has 142 valence electrons. The lowest BCUT2D eigenvalue weighted by Crippen LogP contribution is -2.31. The molecule has 0 fully saturated rings. The Balaban J connectivity index is 2.62. The van der Waals surface area contributed by atoms with E-state index in [1.165, 1.54) is 28.6 Å². The number of ether oxygens (including phenoxy) is 1. The molecule has 8 nitrogen and oxygen atoms in total. The summed E-state index contributed by atoms with van der Waals surface area (Å²) in [5, 5.41) is 10.8. The molecule has 0 radical (unpaired) electrons. The molecule has 1 N–H and O–H groups in total. The zero-order chi connectivity index (χ0) is 19.6. The van der Waals surface area contributed by atoms with Crippen LogP contribution in [0.5, 0.6) is 0 Å². The third-order valence-corrected chi connectivity index (χ3v) is 5.61. The molecular formula is C17H23N3O5S. The quantitative estimate of drug-likeness (QED) is 0.482. The van der Waals surface area contributed by atoms with Gasteiger partial charge in [0, 0.05) is 25.1 Å². The van der Waals surface area contributed by atoms with Gasteiger partial charge in [0.2, 0.25) is 10.0 Å². The summed E-state index contributed by atoms with van der Waals surface area (Å²) in [7, 11) is -3.58. The zero-order valence-corrected chi connectivity index (χ0v) is 15.7. The van der Waals surface area contributed by atoms with Crippen LogP contribution in [0, 0.1) is 11.3 Å². The number of amides is 1. The van der Waals surface area contributed by atoms with Crippen LogP contribution < -0.4 is 5.32 Å². The first-order valence-electron chi connectivity index (χ1n) is 8.27. The third-order valence-electron chi connectivity index (χ3n) is 3.55. The van der Waals surface area contributed by atoms with E-state index in [0.717, 1.165) is 0 Å². The zero-order valence-electron chi connectivity index (χ0n) is 14.9. The van der Waals surface area contributed by atoms with E-state index in [1.54, 1.807) is 13.8 Å². The van der Waals surface area contributed by atoms with Crippen LogP contribution in [0.4, 0.5) is 0 Å². The summed E-state index contributed by atoms with van der Waals surface area (Å²) in [4.78, 5) is 23.6. The molecule has 1 aromatic rings. The molecule has 0 bridgehead atoms. The number of hydrogen-bond donors (Lipinski definition) is 1. The minimum absolute atomic E-state index is 0.106. The minimum atomic E-state index is -3.58. The number of benzene rings is 1. The third kappa shape index (κ3) is 6.13. The molecule has 1 amide bonds. The van der Waals surface area contributed by atoms with E-state index in [-0.39, 0.29) is 23.6 Å². The largest absolute Gasteiger partial charge is 0.464 e. The molecule has 0 aliphatic carbocycles. The summed E-state index contributed by atoms with van der Waals surface area (Å²) < 4.78 is 30.9. The second kappa shape index (κ2) is 10.5. The number of hydrogen-bond acceptors (Lipinski definition) is 6. The van der Waals surface area contributed by atoms with Crippen molar-refractivity contribution in [2.45, 2.75) is 31.6 Å². The maximum absolute atomic E-state index is 12.4. The standard InChI is InChI=1S/C17H23N3O5S/c1-3-20(4-2)26(23,24)15-9-7-14(8-10-15)17(22)19-13-16(21)25-12-6-5-11-18/h7-10H,3-6,12-13H2,1-2H3,(H,19,22). The van der Waals surface area contributed by atoms with Gasteiger partial charge in [0.15, 0.2) is 0 Å². The Bertz CT molecular complexity index is 750. The lowest BCUT2D eigenvalue weighted by Gasteiger charge is -2.18. The van der Waals surface area contributed by atoms with Gasteiger partial charge in [-0.25, -0.2) is 8.42 Å². The smallest absolute Gasteiger partial charge is 0.325 e. The normalized spacial score (nSPS) is 11.0. The van der Waals surface area contributed by atoms with Gasteiger partial charge >= 0.3 is 5.97 Å². The molecule has 0 saturated heterocycles. The van der Waals surface area contributed by atoms with Gasteiger partial charge < -0.3 is 10.1 Å². The fraction of sp³-hybridized carbons (Fsp3) is 0.471. The number of esters is 1. The highest BCUT2D eigenvalue weighted by Crippen LogP contribution is 2.16. The molecule has 26 heavy (non-hydrogen) atoms. The Hall–Kier alpha value is -2.44. The SMILES string of the molecule is CCN(CC)S(=O)(=O)c1ccc(C(=O)NCC(=O)OCCCC#N)cc1. The summed E-state index contributed by atoms with van der Waals surface area (Å²) in [6.07, 6.45) is 0.737. The van der Waals surface area contributed by atoms with Crippen LogP contribution in [0.2, 0.25) is 0 Å². The summed E-state index contributed by atoms with van der Waals surface area (Å²) in [5.41, 5.74) is 0.237. The second-order valence-corrected chi connectivity index (χ2v) is 7.22. The Kier molecular flexibility index (Phi) is 8.75. The van der Waals surface area contributed by atoms with E-state index in [0.29, 0.717) is 25.9 Å². The lowest BCUT2D eigenvalue weighted by atomic mass is 10.2. The van der Waals surface area contributed by atoms with Crippen molar-refractivity contribution in [3.8, 4) is 6.07 Å². The van der Waals surface area contributed by atoms with Crippen LogP contribution >= 0.6 is 0 Å². The summed E-state index contributed by atoms with van der Waals surface area (Å²) >= 11 is 0. The Morgan fingerprint density at radius 3 is 2.35 bits per heavy atom. The van der Waals surface area contributed by atoms with Crippen molar-refractivity contribution in [3.63, 3.8) is 0 Å². The van der Waals surface area contributed by atoms with Crippen LogP contribution in [0.25, 0.3) is 0 Å². The van der Waals surface area contributed by atoms with E-state index < -0.39 is 21.9 Å². The van der Waals surface area contributed by atoms with E-state index >= 15 is 0 Å². The molecule has 1 rings (SSSR count). The fourth-order valence-electron chi connectivity index (χ4n) is 2.13. The number of rotatable bonds is 10. The van der Waals surface area contributed by atoms with Gasteiger partial charge in [-0.15, -0.1) is 0 Å². The molecule has 0 heterocycles. The molecule has 9 heteroatoms. The number of nitriles is 1. The van der Waals surface area contributed by atoms with Crippen LogP contribution in [-0.4, -0.2) is 50.8 Å².